The highest BCUT2D eigenvalue weighted by Gasteiger charge is 2.33. The van der Waals surface area contributed by atoms with Crippen molar-refractivity contribution in [2.24, 2.45) is 5.92 Å². The smallest absolute Gasteiger partial charge is 0.267 e. The Morgan fingerprint density at radius 3 is 2.57 bits per heavy atom. The van der Waals surface area contributed by atoms with Crippen LogP contribution in [0.15, 0.2) is 48.5 Å². The second-order valence-corrected chi connectivity index (χ2v) is 7.20. The Morgan fingerprint density at radius 2 is 1.79 bits per heavy atom. The van der Waals surface area contributed by atoms with E-state index in [-0.39, 0.29) is 18.3 Å². The molecule has 0 aliphatic carbocycles. The summed E-state index contributed by atoms with van der Waals surface area (Å²) < 4.78 is 30.6. The fourth-order valence-corrected chi connectivity index (χ4v) is 3.68. The maximum absolute atomic E-state index is 13.6. The first-order chi connectivity index (χ1) is 13.7. The Balaban J connectivity index is 1.22. The largest absolute Gasteiger partial charge is 0.491 e. The van der Waals surface area contributed by atoms with Gasteiger partial charge in [-0.3, -0.25) is 4.79 Å². The molecule has 148 valence electrons. The lowest BCUT2D eigenvalue weighted by atomic mass is 9.93. The molecule has 5 nitrogen and oxygen atoms in total. The van der Waals surface area contributed by atoms with Crippen molar-refractivity contribution in [1.29, 1.82) is 0 Å². The van der Waals surface area contributed by atoms with Gasteiger partial charge in [0.15, 0.2) is 23.1 Å². The molecule has 2 aliphatic heterocycles. The summed E-state index contributed by atoms with van der Waals surface area (Å²) in [5, 5.41) is 0. The number of likely N-dealkylation sites (tertiary alicyclic amines) is 1. The van der Waals surface area contributed by atoms with E-state index in [9.17, 15) is 9.18 Å². The zero-order chi connectivity index (χ0) is 19.3. The molecular formula is C22H24FNO4. The van der Waals surface area contributed by atoms with Crippen LogP contribution >= 0.6 is 0 Å². The number of amides is 1. The van der Waals surface area contributed by atoms with E-state index in [1.54, 1.807) is 18.2 Å². The van der Waals surface area contributed by atoms with Crippen molar-refractivity contribution in [3.05, 3.63) is 54.3 Å². The zero-order valence-electron chi connectivity index (χ0n) is 15.7. The highest BCUT2D eigenvalue weighted by atomic mass is 19.1. The van der Waals surface area contributed by atoms with Crippen LogP contribution in [0.3, 0.4) is 0 Å². The van der Waals surface area contributed by atoms with E-state index in [1.807, 2.05) is 29.2 Å². The van der Waals surface area contributed by atoms with Crippen molar-refractivity contribution in [3.63, 3.8) is 0 Å². The zero-order valence-corrected chi connectivity index (χ0v) is 15.7. The molecule has 0 spiro atoms. The summed E-state index contributed by atoms with van der Waals surface area (Å²) in [4.78, 5) is 14.6. The number of hydrogen-bond acceptors (Lipinski definition) is 4. The Hall–Kier alpha value is -2.76. The molecule has 0 radical (unpaired) electrons. The predicted octanol–water partition coefficient (Wildman–Crippen LogP) is 3.67. The van der Waals surface area contributed by atoms with Gasteiger partial charge in [0.2, 0.25) is 6.10 Å². The summed E-state index contributed by atoms with van der Waals surface area (Å²) in [6.45, 7) is 2.12. The molecule has 2 aromatic carbocycles. The summed E-state index contributed by atoms with van der Waals surface area (Å²) in [6, 6.07) is 13.8. The molecule has 4 rings (SSSR count). The van der Waals surface area contributed by atoms with Gasteiger partial charge in [-0.1, -0.05) is 24.3 Å². The van der Waals surface area contributed by atoms with Crippen LogP contribution in [0.1, 0.15) is 19.3 Å². The molecule has 0 saturated carbocycles. The number of benzene rings is 2. The van der Waals surface area contributed by atoms with E-state index in [2.05, 4.69) is 0 Å². The van der Waals surface area contributed by atoms with Gasteiger partial charge in [-0.05, 0) is 49.4 Å². The lowest BCUT2D eigenvalue weighted by Gasteiger charge is -2.35. The highest BCUT2D eigenvalue weighted by Crippen LogP contribution is 2.32. The van der Waals surface area contributed by atoms with Crippen molar-refractivity contribution >= 4 is 5.91 Å². The number of fused-ring (bicyclic) bond motifs is 1. The topological polar surface area (TPSA) is 48.0 Å². The minimum atomic E-state index is -0.587. The number of carbonyl (C=O) groups excluding carboxylic acids is 1. The number of carbonyl (C=O) groups is 1. The summed E-state index contributed by atoms with van der Waals surface area (Å²) >= 11 is 0. The molecule has 2 aliphatic rings. The second kappa shape index (κ2) is 8.50. The second-order valence-electron chi connectivity index (χ2n) is 7.20. The third-order valence-electron chi connectivity index (χ3n) is 5.33. The summed E-state index contributed by atoms with van der Waals surface area (Å²) in [5.74, 6) is 1.71. The molecule has 6 heteroatoms. The SMILES string of the molecule is O=C([C@@H]1COc2ccccc2O1)N1CCC(CCOc2ccccc2F)CC1. The summed E-state index contributed by atoms with van der Waals surface area (Å²) in [7, 11) is 0. The van der Waals surface area contributed by atoms with Crippen LogP contribution in [0, 0.1) is 11.7 Å². The number of rotatable bonds is 5. The Bertz CT molecular complexity index is 820. The molecule has 1 saturated heterocycles. The molecule has 0 N–H and O–H groups in total. The number of ether oxygens (including phenoxy) is 3. The minimum Gasteiger partial charge on any atom is -0.491 e. The fraction of sp³-hybridized carbons (Fsp3) is 0.409. The van der Waals surface area contributed by atoms with Crippen molar-refractivity contribution in [2.75, 3.05) is 26.3 Å². The molecular weight excluding hydrogens is 361 g/mol. The lowest BCUT2D eigenvalue weighted by molar-refractivity contribution is -0.142. The van der Waals surface area contributed by atoms with Gasteiger partial charge in [0.25, 0.3) is 5.91 Å². The quantitative estimate of drug-likeness (QED) is 0.788. The van der Waals surface area contributed by atoms with Gasteiger partial charge >= 0.3 is 0 Å². The van der Waals surface area contributed by atoms with E-state index in [0.717, 1.165) is 19.3 Å². The molecule has 1 amide bonds. The summed E-state index contributed by atoms with van der Waals surface area (Å²) in [5.41, 5.74) is 0. The molecule has 0 bridgehead atoms. The standard InChI is InChI=1S/C22H24FNO4/c23-17-5-1-2-6-18(17)26-14-11-16-9-12-24(13-10-16)22(25)21-15-27-19-7-3-4-8-20(19)28-21/h1-8,16,21H,9-15H2/t21-/m0/s1. The molecule has 1 fully saturated rings. The Morgan fingerprint density at radius 1 is 1.07 bits per heavy atom. The van der Waals surface area contributed by atoms with Crippen molar-refractivity contribution in [2.45, 2.75) is 25.4 Å². The molecule has 28 heavy (non-hydrogen) atoms. The van der Waals surface area contributed by atoms with E-state index < -0.39 is 6.10 Å². The Labute approximate surface area is 164 Å². The first-order valence-electron chi connectivity index (χ1n) is 9.75. The van der Waals surface area contributed by atoms with Crippen LogP contribution in [-0.2, 0) is 4.79 Å². The number of halogens is 1. The first-order valence-corrected chi connectivity index (χ1v) is 9.75. The van der Waals surface area contributed by atoms with E-state index in [0.29, 0.717) is 42.9 Å². The normalized spacial score (nSPS) is 19.3. The third kappa shape index (κ3) is 4.21. The molecule has 0 aromatic heterocycles. The van der Waals surface area contributed by atoms with Gasteiger partial charge in [-0.25, -0.2) is 4.39 Å². The molecule has 2 heterocycles. The average Bonchev–Trinajstić information content (AvgIpc) is 2.75. The van der Waals surface area contributed by atoms with Gasteiger partial charge in [0.1, 0.15) is 6.61 Å². The fourth-order valence-electron chi connectivity index (χ4n) is 3.68. The van der Waals surface area contributed by atoms with Crippen molar-refractivity contribution < 1.29 is 23.4 Å². The number of hydrogen-bond donors (Lipinski definition) is 0. The van der Waals surface area contributed by atoms with Crippen LogP contribution in [0.25, 0.3) is 0 Å². The highest BCUT2D eigenvalue weighted by molar-refractivity contribution is 5.82. The summed E-state index contributed by atoms with van der Waals surface area (Å²) in [6.07, 6.45) is 2.09. The van der Waals surface area contributed by atoms with Crippen LogP contribution in [-0.4, -0.2) is 43.2 Å². The number of piperidine rings is 1. The monoisotopic (exact) mass is 385 g/mol. The van der Waals surface area contributed by atoms with Crippen LogP contribution < -0.4 is 14.2 Å². The van der Waals surface area contributed by atoms with Gasteiger partial charge in [-0.15, -0.1) is 0 Å². The van der Waals surface area contributed by atoms with E-state index in [1.165, 1.54) is 6.07 Å². The molecule has 2 aromatic rings. The van der Waals surface area contributed by atoms with Crippen molar-refractivity contribution in [3.8, 4) is 17.2 Å². The average molecular weight is 385 g/mol. The van der Waals surface area contributed by atoms with Gasteiger partial charge < -0.3 is 19.1 Å². The third-order valence-corrected chi connectivity index (χ3v) is 5.33. The lowest BCUT2D eigenvalue weighted by Crippen LogP contribution is -2.49. The molecule has 0 unspecified atom stereocenters. The van der Waals surface area contributed by atoms with Crippen LogP contribution in [0.4, 0.5) is 4.39 Å². The van der Waals surface area contributed by atoms with Gasteiger partial charge in [-0.2, -0.15) is 0 Å². The van der Waals surface area contributed by atoms with E-state index in [4.69, 9.17) is 14.2 Å². The maximum Gasteiger partial charge on any atom is 0.267 e. The Kier molecular flexibility index (Phi) is 5.65. The number of nitrogens with zero attached hydrogens (tertiary/aromatic N) is 1. The first kappa shape index (κ1) is 18.6. The van der Waals surface area contributed by atoms with Gasteiger partial charge in [0, 0.05) is 13.1 Å². The van der Waals surface area contributed by atoms with Gasteiger partial charge in [0.05, 0.1) is 6.61 Å². The van der Waals surface area contributed by atoms with E-state index >= 15 is 0 Å². The van der Waals surface area contributed by atoms with Crippen LogP contribution in [0.5, 0.6) is 17.2 Å². The number of para-hydroxylation sites is 3. The minimum absolute atomic E-state index is 0.0180. The van der Waals surface area contributed by atoms with Crippen molar-refractivity contribution in [1.82, 2.24) is 4.90 Å². The maximum atomic E-state index is 13.6. The predicted molar refractivity (Wildman–Crippen MR) is 102 cm³/mol. The van der Waals surface area contributed by atoms with Crippen LogP contribution in [0.2, 0.25) is 0 Å². The molecule has 1 atom stereocenters.